The standard InChI is InChI=1S/C14H10FN3O2S/c15-9-6-8(2-4-11(9)19)17-13(20)7-1-3-10-12(5-7)21-14(16)18-10/h1-6,19H,(H2,16,18)(H,17,20). The van der Waals surface area contributed by atoms with Gasteiger partial charge in [0.05, 0.1) is 10.2 Å². The lowest BCUT2D eigenvalue weighted by Crippen LogP contribution is -2.11. The number of carbonyl (C=O) groups is 1. The smallest absolute Gasteiger partial charge is 0.255 e. The van der Waals surface area contributed by atoms with Crippen molar-refractivity contribution in [3.05, 3.63) is 47.8 Å². The summed E-state index contributed by atoms with van der Waals surface area (Å²) in [5.74, 6) is -1.64. The Kier molecular flexibility index (Phi) is 3.19. The summed E-state index contributed by atoms with van der Waals surface area (Å²) < 4.78 is 14.0. The molecule has 3 rings (SSSR count). The number of fused-ring (bicyclic) bond motifs is 1. The van der Waals surface area contributed by atoms with Gasteiger partial charge in [-0.25, -0.2) is 9.37 Å². The number of aromatic hydroxyl groups is 1. The van der Waals surface area contributed by atoms with Gasteiger partial charge in [0.1, 0.15) is 0 Å². The molecule has 1 heterocycles. The van der Waals surface area contributed by atoms with Crippen molar-refractivity contribution >= 4 is 38.3 Å². The zero-order valence-electron chi connectivity index (χ0n) is 10.6. The number of thiazole rings is 1. The number of phenols is 1. The van der Waals surface area contributed by atoms with Crippen molar-refractivity contribution in [2.45, 2.75) is 0 Å². The molecule has 0 radical (unpaired) electrons. The zero-order valence-corrected chi connectivity index (χ0v) is 11.4. The lowest BCUT2D eigenvalue weighted by molar-refractivity contribution is 0.102. The van der Waals surface area contributed by atoms with E-state index >= 15 is 0 Å². The number of rotatable bonds is 2. The van der Waals surface area contributed by atoms with Crippen LogP contribution < -0.4 is 11.1 Å². The summed E-state index contributed by atoms with van der Waals surface area (Å²) in [6.07, 6.45) is 0. The number of nitrogens with one attached hydrogen (secondary N) is 1. The molecule has 1 aromatic heterocycles. The lowest BCUT2D eigenvalue weighted by atomic mass is 10.2. The fraction of sp³-hybridized carbons (Fsp3) is 0. The molecule has 7 heteroatoms. The molecule has 0 spiro atoms. The second-order valence-electron chi connectivity index (χ2n) is 4.35. The third-order valence-electron chi connectivity index (χ3n) is 2.87. The second kappa shape index (κ2) is 5.02. The Balaban J connectivity index is 1.87. The van der Waals surface area contributed by atoms with Gasteiger partial charge in [-0.05, 0) is 30.3 Å². The number of benzene rings is 2. The number of anilines is 2. The number of nitrogen functional groups attached to an aromatic ring is 1. The minimum Gasteiger partial charge on any atom is -0.505 e. The molecule has 0 saturated carbocycles. The molecule has 0 saturated heterocycles. The quantitative estimate of drug-likeness (QED) is 0.635. The van der Waals surface area contributed by atoms with E-state index in [4.69, 9.17) is 10.8 Å². The molecular weight excluding hydrogens is 293 g/mol. The van der Waals surface area contributed by atoms with Gasteiger partial charge in [-0.2, -0.15) is 0 Å². The van der Waals surface area contributed by atoms with Crippen LogP contribution in [0.25, 0.3) is 10.2 Å². The number of amides is 1. The normalized spacial score (nSPS) is 10.7. The molecule has 5 nitrogen and oxygen atoms in total. The molecule has 3 aromatic rings. The van der Waals surface area contributed by atoms with Gasteiger partial charge >= 0.3 is 0 Å². The molecule has 0 aliphatic carbocycles. The first-order valence-corrected chi connectivity index (χ1v) is 6.80. The molecule has 21 heavy (non-hydrogen) atoms. The van der Waals surface area contributed by atoms with Gasteiger partial charge in [-0.3, -0.25) is 4.79 Å². The SMILES string of the molecule is Nc1nc2ccc(C(=O)Nc3ccc(O)c(F)c3)cc2s1. The Morgan fingerprint density at radius 1 is 1.29 bits per heavy atom. The molecule has 0 aliphatic rings. The van der Waals surface area contributed by atoms with E-state index in [-0.39, 0.29) is 11.6 Å². The Morgan fingerprint density at radius 3 is 2.86 bits per heavy atom. The van der Waals surface area contributed by atoms with Crippen LogP contribution >= 0.6 is 11.3 Å². The summed E-state index contributed by atoms with van der Waals surface area (Å²) >= 11 is 1.29. The van der Waals surface area contributed by atoms with Crippen molar-refractivity contribution in [1.82, 2.24) is 4.98 Å². The first-order chi connectivity index (χ1) is 10.0. The van der Waals surface area contributed by atoms with Crippen molar-refractivity contribution in [3.63, 3.8) is 0 Å². The Bertz CT molecular complexity index is 847. The zero-order chi connectivity index (χ0) is 15.0. The van der Waals surface area contributed by atoms with E-state index in [0.29, 0.717) is 10.7 Å². The lowest BCUT2D eigenvalue weighted by Gasteiger charge is -2.06. The van der Waals surface area contributed by atoms with Gasteiger partial charge in [0.2, 0.25) is 0 Å². The summed E-state index contributed by atoms with van der Waals surface area (Å²) in [6, 6.07) is 8.64. The number of nitrogens with zero attached hydrogens (tertiary/aromatic N) is 1. The largest absolute Gasteiger partial charge is 0.505 e. The van der Waals surface area contributed by atoms with Crippen LogP contribution in [0.1, 0.15) is 10.4 Å². The van der Waals surface area contributed by atoms with Crippen molar-refractivity contribution in [3.8, 4) is 5.75 Å². The molecule has 4 N–H and O–H groups in total. The van der Waals surface area contributed by atoms with Gasteiger partial charge in [-0.1, -0.05) is 11.3 Å². The number of hydrogen-bond acceptors (Lipinski definition) is 5. The minimum absolute atomic E-state index is 0.263. The van der Waals surface area contributed by atoms with Crippen LogP contribution in [0.4, 0.5) is 15.2 Å². The van der Waals surface area contributed by atoms with Crippen molar-refractivity contribution in [1.29, 1.82) is 0 Å². The van der Waals surface area contributed by atoms with Gasteiger partial charge in [0.15, 0.2) is 16.7 Å². The summed E-state index contributed by atoms with van der Waals surface area (Å²) in [4.78, 5) is 16.2. The predicted molar refractivity (Wildman–Crippen MR) is 80.1 cm³/mol. The second-order valence-corrected chi connectivity index (χ2v) is 5.42. The van der Waals surface area contributed by atoms with Crippen molar-refractivity contribution in [2.24, 2.45) is 0 Å². The average Bonchev–Trinajstić information content (AvgIpc) is 2.82. The first-order valence-electron chi connectivity index (χ1n) is 5.99. The van der Waals surface area contributed by atoms with Crippen LogP contribution in [-0.2, 0) is 0 Å². The van der Waals surface area contributed by atoms with Crippen LogP contribution in [0.3, 0.4) is 0 Å². The van der Waals surface area contributed by atoms with E-state index in [1.165, 1.54) is 23.5 Å². The number of hydrogen-bond donors (Lipinski definition) is 3. The average molecular weight is 303 g/mol. The van der Waals surface area contributed by atoms with Gasteiger partial charge in [0, 0.05) is 17.3 Å². The number of nitrogens with two attached hydrogens (primary N) is 1. The predicted octanol–water partition coefficient (Wildman–Crippen LogP) is 2.98. The van der Waals surface area contributed by atoms with E-state index in [2.05, 4.69) is 10.3 Å². The van der Waals surface area contributed by atoms with E-state index in [0.717, 1.165) is 16.3 Å². The summed E-state index contributed by atoms with van der Waals surface area (Å²) in [7, 11) is 0. The molecule has 0 unspecified atom stereocenters. The maximum atomic E-state index is 13.2. The van der Waals surface area contributed by atoms with Crippen LogP contribution in [-0.4, -0.2) is 16.0 Å². The highest BCUT2D eigenvalue weighted by atomic mass is 32.1. The van der Waals surface area contributed by atoms with Crippen molar-refractivity contribution < 1.29 is 14.3 Å². The van der Waals surface area contributed by atoms with E-state index in [9.17, 15) is 9.18 Å². The maximum Gasteiger partial charge on any atom is 0.255 e. The Morgan fingerprint density at radius 2 is 2.10 bits per heavy atom. The van der Waals surface area contributed by atoms with Crippen LogP contribution in [0.15, 0.2) is 36.4 Å². The highest BCUT2D eigenvalue weighted by Gasteiger charge is 2.10. The molecule has 0 bridgehead atoms. The molecule has 0 aliphatic heterocycles. The molecule has 1 amide bonds. The third kappa shape index (κ3) is 2.63. The monoisotopic (exact) mass is 303 g/mol. The summed E-state index contributed by atoms with van der Waals surface area (Å²) in [5.41, 5.74) is 7.02. The molecule has 2 aromatic carbocycles. The Hall–Kier alpha value is -2.67. The maximum absolute atomic E-state index is 13.2. The first kappa shape index (κ1) is 13.3. The highest BCUT2D eigenvalue weighted by molar-refractivity contribution is 7.22. The fourth-order valence-corrected chi connectivity index (χ4v) is 2.65. The molecular formula is C14H10FN3O2S. The third-order valence-corrected chi connectivity index (χ3v) is 3.72. The topological polar surface area (TPSA) is 88.2 Å². The van der Waals surface area contributed by atoms with E-state index < -0.39 is 11.6 Å². The van der Waals surface area contributed by atoms with Gasteiger partial charge in [-0.15, -0.1) is 0 Å². The van der Waals surface area contributed by atoms with Gasteiger partial charge < -0.3 is 16.2 Å². The number of aromatic nitrogens is 1. The van der Waals surface area contributed by atoms with Crippen LogP contribution in [0.2, 0.25) is 0 Å². The molecule has 0 fully saturated rings. The Labute approximate surface area is 122 Å². The van der Waals surface area contributed by atoms with Crippen LogP contribution in [0, 0.1) is 5.82 Å². The number of phenolic OH excluding ortho intramolecular Hbond substituents is 1. The minimum atomic E-state index is -0.793. The van der Waals surface area contributed by atoms with Gasteiger partial charge in [0.25, 0.3) is 5.91 Å². The molecule has 0 atom stereocenters. The van der Waals surface area contributed by atoms with E-state index in [1.54, 1.807) is 18.2 Å². The van der Waals surface area contributed by atoms with Crippen LogP contribution in [0.5, 0.6) is 5.75 Å². The fourth-order valence-electron chi connectivity index (χ4n) is 1.87. The summed E-state index contributed by atoms with van der Waals surface area (Å²) in [6.45, 7) is 0. The molecule has 106 valence electrons. The van der Waals surface area contributed by atoms with Crippen molar-refractivity contribution in [2.75, 3.05) is 11.1 Å². The summed E-state index contributed by atoms with van der Waals surface area (Å²) in [5, 5.41) is 12.1. The number of carbonyl (C=O) groups excluding carboxylic acids is 1. The number of halogens is 1. The highest BCUT2D eigenvalue weighted by Crippen LogP contribution is 2.25. The van der Waals surface area contributed by atoms with E-state index in [1.807, 2.05) is 0 Å².